The molecule has 0 radical (unpaired) electrons. The van der Waals surface area contributed by atoms with Gasteiger partial charge in [-0.15, -0.1) is 0 Å². The van der Waals surface area contributed by atoms with Gasteiger partial charge in [0.1, 0.15) is 22.9 Å². The first-order chi connectivity index (χ1) is 10.7. The highest BCUT2D eigenvalue weighted by Crippen LogP contribution is 2.25. The van der Waals surface area contributed by atoms with Crippen molar-refractivity contribution in [3.8, 4) is 5.75 Å². The van der Waals surface area contributed by atoms with Gasteiger partial charge in [0.25, 0.3) is 10.0 Å². The van der Waals surface area contributed by atoms with Gasteiger partial charge in [-0.3, -0.25) is 4.72 Å². The Hall–Kier alpha value is -2.68. The van der Waals surface area contributed by atoms with Crippen LogP contribution in [0.5, 0.6) is 5.75 Å². The Bertz CT molecular complexity index is 867. The summed E-state index contributed by atoms with van der Waals surface area (Å²) >= 11 is 0. The molecule has 9 heteroatoms. The molecule has 0 atom stereocenters. The van der Waals surface area contributed by atoms with Crippen molar-refractivity contribution >= 4 is 21.7 Å². The van der Waals surface area contributed by atoms with Crippen molar-refractivity contribution in [3.05, 3.63) is 53.6 Å². The monoisotopic (exact) mass is 343 g/mol. The number of anilines is 1. The summed E-state index contributed by atoms with van der Waals surface area (Å²) in [6.45, 7) is 0. The Labute approximate surface area is 130 Å². The minimum absolute atomic E-state index is 0.0237. The summed E-state index contributed by atoms with van der Waals surface area (Å²) in [6, 6.07) is 5.48. The fourth-order valence-corrected chi connectivity index (χ4v) is 2.89. The lowest BCUT2D eigenvalue weighted by Crippen LogP contribution is -2.15. The van der Waals surface area contributed by atoms with Crippen LogP contribution in [0.2, 0.25) is 0 Å². The van der Waals surface area contributed by atoms with Crippen LogP contribution in [0.3, 0.4) is 0 Å². The number of nitrogens with one attached hydrogen (secondary N) is 1. The third-order valence-electron chi connectivity index (χ3n) is 2.89. The molecule has 122 valence electrons. The number of carbonyl (C=O) groups is 1. The molecular formula is C14H11F2NO5S. The SMILES string of the molecule is COc1ccc(S(=O)(=O)Nc2ccc(F)cc2F)cc1C(=O)O. The Morgan fingerprint density at radius 3 is 2.43 bits per heavy atom. The normalized spacial score (nSPS) is 11.1. The summed E-state index contributed by atoms with van der Waals surface area (Å²) < 4.78 is 57.5. The lowest BCUT2D eigenvalue weighted by atomic mass is 10.2. The molecular weight excluding hydrogens is 332 g/mol. The molecule has 0 heterocycles. The Balaban J connectivity index is 2.43. The topological polar surface area (TPSA) is 92.7 Å². The average Bonchev–Trinajstić information content (AvgIpc) is 2.49. The van der Waals surface area contributed by atoms with Crippen molar-refractivity contribution in [1.82, 2.24) is 0 Å². The van der Waals surface area contributed by atoms with Crippen LogP contribution in [0, 0.1) is 11.6 Å². The van der Waals surface area contributed by atoms with E-state index in [1.807, 2.05) is 4.72 Å². The molecule has 2 N–H and O–H groups in total. The third kappa shape index (κ3) is 3.57. The van der Waals surface area contributed by atoms with E-state index in [1.165, 1.54) is 13.2 Å². The zero-order chi connectivity index (χ0) is 17.2. The highest BCUT2D eigenvalue weighted by Gasteiger charge is 2.20. The quantitative estimate of drug-likeness (QED) is 0.870. The molecule has 0 spiro atoms. The van der Waals surface area contributed by atoms with Gasteiger partial charge >= 0.3 is 5.97 Å². The van der Waals surface area contributed by atoms with E-state index < -0.39 is 38.2 Å². The second-order valence-corrected chi connectivity index (χ2v) is 6.08. The van der Waals surface area contributed by atoms with Gasteiger partial charge in [0.2, 0.25) is 0 Å². The molecule has 0 aliphatic heterocycles. The second-order valence-electron chi connectivity index (χ2n) is 4.40. The minimum atomic E-state index is -4.26. The van der Waals surface area contributed by atoms with Crippen molar-refractivity contribution in [2.24, 2.45) is 0 Å². The van der Waals surface area contributed by atoms with Gasteiger partial charge in [-0.1, -0.05) is 0 Å². The van der Waals surface area contributed by atoms with Gasteiger partial charge in [0, 0.05) is 6.07 Å². The molecule has 0 bridgehead atoms. The maximum absolute atomic E-state index is 13.5. The number of hydrogen-bond acceptors (Lipinski definition) is 4. The lowest BCUT2D eigenvalue weighted by Gasteiger charge is -2.11. The largest absolute Gasteiger partial charge is 0.496 e. The van der Waals surface area contributed by atoms with E-state index in [1.54, 1.807) is 0 Å². The lowest BCUT2D eigenvalue weighted by molar-refractivity contribution is 0.0693. The number of sulfonamides is 1. The summed E-state index contributed by atoms with van der Waals surface area (Å²) in [4.78, 5) is 10.7. The summed E-state index contributed by atoms with van der Waals surface area (Å²) in [5, 5.41) is 9.05. The number of halogens is 2. The molecule has 6 nitrogen and oxygen atoms in total. The van der Waals surface area contributed by atoms with E-state index in [0.717, 1.165) is 24.3 Å². The molecule has 2 aromatic carbocycles. The molecule has 2 rings (SSSR count). The van der Waals surface area contributed by atoms with Crippen molar-refractivity contribution in [3.63, 3.8) is 0 Å². The van der Waals surface area contributed by atoms with Crippen molar-refractivity contribution in [2.75, 3.05) is 11.8 Å². The Morgan fingerprint density at radius 1 is 1.17 bits per heavy atom. The summed E-state index contributed by atoms with van der Waals surface area (Å²) in [6.07, 6.45) is 0. The molecule has 0 aromatic heterocycles. The van der Waals surface area contributed by atoms with E-state index in [9.17, 15) is 22.0 Å². The molecule has 0 saturated carbocycles. The van der Waals surface area contributed by atoms with Gasteiger partial charge in [0.05, 0.1) is 17.7 Å². The minimum Gasteiger partial charge on any atom is -0.496 e. The number of rotatable bonds is 5. The van der Waals surface area contributed by atoms with E-state index >= 15 is 0 Å². The van der Waals surface area contributed by atoms with E-state index in [0.29, 0.717) is 6.07 Å². The van der Waals surface area contributed by atoms with Gasteiger partial charge in [-0.25, -0.2) is 22.0 Å². The number of aromatic carboxylic acids is 1. The number of methoxy groups -OCH3 is 1. The fraction of sp³-hybridized carbons (Fsp3) is 0.0714. The van der Waals surface area contributed by atoms with Gasteiger partial charge in [0.15, 0.2) is 0 Å². The molecule has 0 fully saturated rings. The van der Waals surface area contributed by atoms with Crippen LogP contribution in [-0.4, -0.2) is 26.6 Å². The number of benzene rings is 2. The first-order valence-electron chi connectivity index (χ1n) is 6.14. The first-order valence-corrected chi connectivity index (χ1v) is 7.62. The maximum Gasteiger partial charge on any atom is 0.339 e. The van der Waals surface area contributed by atoms with E-state index in [2.05, 4.69) is 0 Å². The van der Waals surface area contributed by atoms with Crippen LogP contribution in [0.4, 0.5) is 14.5 Å². The highest BCUT2D eigenvalue weighted by atomic mass is 32.2. The molecule has 0 unspecified atom stereocenters. The number of carboxylic acid groups (broad SMARTS) is 1. The zero-order valence-corrected chi connectivity index (χ0v) is 12.5. The molecule has 23 heavy (non-hydrogen) atoms. The second kappa shape index (κ2) is 6.21. The van der Waals surface area contributed by atoms with E-state index in [4.69, 9.17) is 9.84 Å². The van der Waals surface area contributed by atoms with Crippen LogP contribution in [0.1, 0.15) is 10.4 Å². The maximum atomic E-state index is 13.5. The van der Waals surface area contributed by atoms with Crippen LogP contribution in [0.25, 0.3) is 0 Å². The predicted octanol–water partition coefficient (Wildman–Crippen LogP) is 2.47. The summed E-state index contributed by atoms with van der Waals surface area (Å²) in [5.41, 5.74) is -0.825. The van der Waals surface area contributed by atoms with Crippen LogP contribution in [-0.2, 0) is 10.0 Å². The smallest absolute Gasteiger partial charge is 0.339 e. The molecule has 0 saturated heterocycles. The third-order valence-corrected chi connectivity index (χ3v) is 4.25. The molecule has 2 aromatic rings. The van der Waals surface area contributed by atoms with Crippen LogP contribution in [0.15, 0.2) is 41.3 Å². The molecule has 0 aliphatic carbocycles. The fourth-order valence-electron chi connectivity index (χ4n) is 1.80. The van der Waals surface area contributed by atoms with Crippen molar-refractivity contribution in [2.45, 2.75) is 4.90 Å². The number of hydrogen-bond donors (Lipinski definition) is 2. The predicted molar refractivity (Wildman–Crippen MR) is 77.1 cm³/mol. The molecule has 0 amide bonds. The molecule has 0 aliphatic rings. The van der Waals surface area contributed by atoms with Crippen molar-refractivity contribution in [1.29, 1.82) is 0 Å². The van der Waals surface area contributed by atoms with E-state index in [-0.39, 0.29) is 11.3 Å². The highest BCUT2D eigenvalue weighted by molar-refractivity contribution is 7.92. The summed E-state index contributed by atoms with van der Waals surface area (Å²) in [7, 11) is -3.02. The zero-order valence-electron chi connectivity index (χ0n) is 11.7. The average molecular weight is 343 g/mol. The summed E-state index contributed by atoms with van der Waals surface area (Å²) in [5.74, 6) is -3.36. The van der Waals surface area contributed by atoms with Crippen LogP contribution >= 0.6 is 0 Å². The number of ether oxygens (including phenoxy) is 1. The van der Waals surface area contributed by atoms with Gasteiger partial charge < -0.3 is 9.84 Å². The van der Waals surface area contributed by atoms with Crippen molar-refractivity contribution < 1.29 is 31.8 Å². The standard InChI is InChI=1S/C14H11F2NO5S/c1-22-13-5-3-9(7-10(13)14(18)19)23(20,21)17-12-4-2-8(15)6-11(12)16/h2-7,17H,1H3,(H,18,19). The number of carboxylic acids is 1. The van der Waals surface area contributed by atoms with Gasteiger partial charge in [-0.2, -0.15) is 0 Å². The van der Waals surface area contributed by atoms with Crippen LogP contribution < -0.4 is 9.46 Å². The first kappa shape index (κ1) is 16.7. The van der Waals surface area contributed by atoms with Gasteiger partial charge in [-0.05, 0) is 30.3 Å². The Morgan fingerprint density at radius 2 is 1.87 bits per heavy atom. The Kier molecular flexibility index (Phi) is 4.50.